The standard InChI is InChI=1S/C13H17FN2/c1-2-15-7-3-4-10-9-16-13-8-11(14)5-6-12(10)13/h5-6,8-9,15-16H,2-4,7H2,1H3. The van der Waals surface area contributed by atoms with Gasteiger partial charge in [-0.25, -0.2) is 4.39 Å². The van der Waals surface area contributed by atoms with Gasteiger partial charge in [0.1, 0.15) is 5.82 Å². The zero-order valence-electron chi connectivity index (χ0n) is 9.52. The fourth-order valence-electron chi connectivity index (χ4n) is 1.95. The molecule has 2 rings (SSSR count). The predicted octanol–water partition coefficient (Wildman–Crippen LogP) is 2.85. The van der Waals surface area contributed by atoms with Gasteiger partial charge in [-0.05, 0) is 49.7 Å². The zero-order valence-corrected chi connectivity index (χ0v) is 9.52. The Labute approximate surface area is 94.9 Å². The van der Waals surface area contributed by atoms with Crippen molar-refractivity contribution in [2.75, 3.05) is 13.1 Å². The summed E-state index contributed by atoms with van der Waals surface area (Å²) < 4.78 is 13.0. The smallest absolute Gasteiger partial charge is 0.125 e. The number of fused-ring (bicyclic) bond motifs is 1. The lowest BCUT2D eigenvalue weighted by atomic mass is 10.1. The largest absolute Gasteiger partial charge is 0.361 e. The molecule has 0 bridgehead atoms. The van der Waals surface area contributed by atoms with Crippen molar-refractivity contribution in [3.63, 3.8) is 0 Å². The lowest BCUT2D eigenvalue weighted by Crippen LogP contribution is -2.14. The molecule has 1 heterocycles. The van der Waals surface area contributed by atoms with Gasteiger partial charge in [0.25, 0.3) is 0 Å². The first-order chi connectivity index (χ1) is 7.81. The Balaban J connectivity index is 2.07. The van der Waals surface area contributed by atoms with Gasteiger partial charge in [-0.3, -0.25) is 0 Å². The summed E-state index contributed by atoms with van der Waals surface area (Å²) in [7, 11) is 0. The van der Waals surface area contributed by atoms with Crippen molar-refractivity contribution in [3.05, 3.63) is 35.8 Å². The molecule has 0 unspecified atom stereocenters. The van der Waals surface area contributed by atoms with Gasteiger partial charge in [-0.2, -0.15) is 0 Å². The molecule has 0 radical (unpaired) electrons. The van der Waals surface area contributed by atoms with Gasteiger partial charge in [0.2, 0.25) is 0 Å². The lowest BCUT2D eigenvalue weighted by molar-refractivity contribution is 0.629. The van der Waals surface area contributed by atoms with Crippen LogP contribution < -0.4 is 5.32 Å². The molecule has 0 spiro atoms. The van der Waals surface area contributed by atoms with Gasteiger partial charge >= 0.3 is 0 Å². The summed E-state index contributed by atoms with van der Waals surface area (Å²) in [4.78, 5) is 3.11. The van der Waals surface area contributed by atoms with Gasteiger partial charge < -0.3 is 10.3 Å². The lowest BCUT2D eigenvalue weighted by Gasteiger charge is -2.01. The summed E-state index contributed by atoms with van der Waals surface area (Å²) in [6.45, 7) is 4.15. The first-order valence-electron chi connectivity index (χ1n) is 5.77. The molecule has 16 heavy (non-hydrogen) atoms. The highest BCUT2D eigenvalue weighted by molar-refractivity contribution is 5.83. The van der Waals surface area contributed by atoms with Crippen LogP contribution in [0, 0.1) is 5.82 Å². The third-order valence-electron chi connectivity index (χ3n) is 2.78. The Bertz CT molecular complexity index is 462. The van der Waals surface area contributed by atoms with Crippen molar-refractivity contribution >= 4 is 10.9 Å². The average Bonchev–Trinajstić information content (AvgIpc) is 2.67. The average molecular weight is 220 g/mol. The highest BCUT2D eigenvalue weighted by atomic mass is 19.1. The van der Waals surface area contributed by atoms with Crippen molar-refractivity contribution in [2.24, 2.45) is 0 Å². The van der Waals surface area contributed by atoms with Crippen LogP contribution in [0.2, 0.25) is 0 Å². The predicted molar refractivity (Wildman–Crippen MR) is 65.1 cm³/mol. The van der Waals surface area contributed by atoms with Crippen LogP contribution in [0.25, 0.3) is 10.9 Å². The summed E-state index contributed by atoms with van der Waals surface area (Å²) in [5, 5.41) is 4.43. The van der Waals surface area contributed by atoms with E-state index >= 15 is 0 Å². The third-order valence-corrected chi connectivity index (χ3v) is 2.78. The van der Waals surface area contributed by atoms with Crippen molar-refractivity contribution in [1.29, 1.82) is 0 Å². The molecule has 0 aliphatic rings. The molecule has 0 aliphatic heterocycles. The number of benzene rings is 1. The number of rotatable bonds is 5. The van der Waals surface area contributed by atoms with E-state index in [1.807, 2.05) is 12.3 Å². The quantitative estimate of drug-likeness (QED) is 0.745. The number of aromatic nitrogens is 1. The maximum absolute atomic E-state index is 13.0. The minimum atomic E-state index is -0.187. The molecule has 0 saturated heterocycles. The van der Waals surface area contributed by atoms with E-state index in [9.17, 15) is 4.39 Å². The second-order valence-electron chi connectivity index (χ2n) is 3.96. The summed E-state index contributed by atoms with van der Waals surface area (Å²) in [6, 6.07) is 4.91. The van der Waals surface area contributed by atoms with Crippen LogP contribution in [0.4, 0.5) is 4.39 Å². The topological polar surface area (TPSA) is 27.8 Å². The minimum Gasteiger partial charge on any atom is -0.361 e. The van der Waals surface area contributed by atoms with Crippen LogP contribution in [0.5, 0.6) is 0 Å². The molecular formula is C13H17FN2. The van der Waals surface area contributed by atoms with Crippen LogP contribution in [0.15, 0.2) is 24.4 Å². The van der Waals surface area contributed by atoms with Crippen molar-refractivity contribution in [1.82, 2.24) is 10.3 Å². The minimum absolute atomic E-state index is 0.187. The summed E-state index contributed by atoms with van der Waals surface area (Å²) >= 11 is 0. The fourth-order valence-corrected chi connectivity index (χ4v) is 1.95. The van der Waals surface area contributed by atoms with Gasteiger partial charge in [-0.1, -0.05) is 6.92 Å². The highest BCUT2D eigenvalue weighted by Gasteiger charge is 2.03. The monoisotopic (exact) mass is 220 g/mol. The number of H-pyrrole nitrogens is 1. The number of aryl methyl sites for hydroxylation is 1. The molecule has 2 N–H and O–H groups in total. The fraction of sp³-hybridized carbons (Fsp3) is 0.385. The van der Waals surface area contributed by atoms with Crippen LogP contribution in [0.3, 0.4) is 0 Å². The normalized spacial score (nSPS) is 11.1. The van der Waals surface area contributed by atoms with Crippen molar-refractivity contribution < 1.29 is 4.39 Å². The summed E-state index contributed by atoms with van der Waals surface area (Å²) in [6.07, 6.45) is 4.12. The molecule has 2 aromatic rings. The third kappa shape index (κ3) is 2.42. The van der Waals surface area contributed by atoms with Crippen LogP contribution in [-0.2, 0) is 6.42 Å². The Kier molecular flexibility index (Phi) is 3.57. The second-order valence-corrected chi connectivity index (χ2v) is 3.96. The molecule has 0 aliphatic carbocycles. The van der Waals surface area contributed by atoms with Crippen molar-refractivity contribution in [2.45, 2.75) is 19.8 Å². The second kappa shape index (κ2) is 5.12. The van der Waals surface area contributed by atoms with E-state index in [2.05, 4.69) is 17.2 Å². The molecular weight excluding hydrogens is 203 g/mol. The number of aromatic amines is 1. The highest BCUT2D eigenvalue weighted by Crippen LogP contribution is 2.20. The maximum Gasteiger partial charge on any atom is 0.125 e. The Morgan fingerprint density at radius 1 is 1.38 bits per heavy atom. The molecule has 0 amide bonds. The van der Waals surface area contributed by atoms with E-state index in [0.29, 0.717) is 0 Å². The number of hydrogen-bond donors (Lipinski definition) is 2. The molecule has 3 heteroatoms. The van der Waals surface area contributed by atoms with Gasteiger partial charge in [0.15, 0.2) is 0 Å². The maximum atomic E-state index is 13.0. The molecule has 0 saturated carbocycles. The summed E-state index contributed by atoms with van der Waals surface area (Å²) in [5.74, 6) is -0.187. The Hall–Kier alpha value is -1.35. The molecule has 86 valence electrons. The SMILES string of the molecule is CCNCCCc1c[nH]c2cc(F)ccc12. The van der Waals surface area contributed by atoms with E-state index in [0.717, 1.165) is 36.8 Å². The number of halogens is 1. The van der Waals surface area contributed by atoms with E-state index in [1.165, 1.54) is 11.6 Å². The van der Waals surface area contributed by atoms with E-state index in [4.69, 9.17) is 0 Å². The van der Waals surface area contributed by atoms with Gasteiger partial charge in [0, 0.05) is 17.1 Å². The van der Waals surface area contributed by atoms with Gasteiger partial charge in [-0.15, -0.1) is 0 Å². The molecule has 0 fully saturated rings. The van der Waals surface area contributed by atoms with Gasteiger partial charge in [0.05, 0.1) is 0 Å². The van der Waals surface area contributed by atoms with E-state index < -0.39 is 0 Å². The molecule has 2 nitrogen and oxygen atoms in total. The zero-order chi connectivity index (χ0) is 11.4. The van der Waals surface area contributed by atoms with Crippen LogP contribution in [0.1, 0.15) is 18.9 Å². The first kappa shape index (κ1) is 11.1. The van der Waals surface area contributed by atoms with Crippen LogP contribution >= 0.6 is 0 Å². The molecule has 0 atom stereocenters. The first-order valence-corrected chi connectivity index (χ1v) is 5.77. The van der Waals surface area contributed by atoms with E-state index in [-0.39, 0.29) is 5.82 Å². The van der Waals surface area contributed by atoms with E-state index in [1.54, 1.807) is 6.07 Å². The molecule has 1 aromatic carbocycles. The molecule has 1 aromatic heterocycles. The van der Waals surface area contributed by atoms with Crippen LogP contribution in [-0.4, -0.2) is 18.1 Å². The Morgan fingerprint density at radius 2 is 2.25 bits per heavy atom. The summed E-state index contributed by atoms with van der Waals surface area (Å²) in [5.41, 5.74) is 2.16. The Morgan fingerprint density at radius 3 is 3.06 bits per heavy atom. The number of hydrogen-bond acceptors (Lipinski definition) is 1. The number of nitrogens with one attached hydrogen (secondary N) is 2. The van der Waals surface area contributed by atoms with Crippen molar-refractivity contribution in [3.8, 4) is 0 Å².